The number of ether oxygens (including phenoxy) is 1. The third-order valence-electron chi connectivity index (χ3n) is 11.2. The predicted molar refractivity (Wildman–Crippen MR) is 233 cm³/mol. The summed E-state index contributed by atoms with van der Waals surface area (Å²) in [6.45, 7) is 0.453. The lowest BCUT2D eigenvalue weighted by atomic mass is 10.00. The maximum Gasteiger partial charge on any atom is 0.179 e. The fourth-order valence-corrected chi connectivity index (χ4v) is 14.8. The zero-order chi connectivity index (χ0) is 36.3. The second-order valence-corrected chi connectivity index (χ2v) is 19.1. The summed E-state index contributed by atoms with van der Waals surface area (Å²) in [5.74, 6) is 1.80. The number of aromatic nitrogens is 2. The van der Waals surface area contributed by atoms with E-state index in [1.165, 1.54) is 57.6 Å². The van der Waals surface area contributed by atoms with E-state index in [4.69, 9.17) is 9.72 Å². The van der Waals surface area contributed by atoms with E-state index < -0.39 is 8.07 Å². The van der Waals surface area contributed by atoms with Crippen LogP contribution in [0.5, 0.6) is 5.75 Å². The molecular formula is C50H34N2OSSi. The van der Waals surface area contributed by atoms with Crippen LogP contribution in [0, 0.1) is 0 Å². The summed E-state index contributed by atoms with van der Waals surface area (Å²) in [5.41, 5.74) is 7.96. The highest BCUT2D eigenvalue weighted by atomic mass is 32.1. The first-order chi connectivity index (χ1) is 27.3. The van der Waals surface area contributed by atoms with Gasteiger partial charge in [0.2, 0.25) is 0 Å². The minimum absolute atomic E-state index is 0.453. The summed E-state index contributed by atoms with van der Waals surface area (Å²) in [6.07, 6.45) is 0. The van der Waals surface area contributed by atoms with Gasteiger partial charge in [-0.15, -0.1) is 11.3 Å². The van der Waals surface area contributed by atoms with Gasteiger partial charge in [0.15, 0.2) is 13.9 Å². The summed E-state index contributed by atoms with van der Waals surface area (Å²) in [6, 6.07) is 71.7. The number of fused-ring (bicyclic) bond motifs is 8. The summed E-state index contributed by atoms with van der Waals surface area (Å²) in [5, 5.41) is 8.05. The van der Waals surface area contributed by atoms with E-state index in [0.29, 0.717) is 6.61 Å². The van der Waals surface area contributed by atoms with Crippen molar-refractivity contribution in [1.82, 2.24) is 9.55 Å². The Balaban J connectivity index is 1.14. The molecule has 0 saturated heterocycles. The van der Waals surface area contributed by atoms with Gasteiger partial charge in [0.05, 0.1) is 16.7 Å². The van der Waals surface area contributed by atoms with E-state index in [-0.39, 0.29) is 0 Å². The molecule has 3 nitrogen and oxygen atoms in total. The SMILES string of the molecule is c1ccc([Si](c2ccccc2)(c2cccc(-c3ccc4nc5n(c4c3)-c3ccccc3OC5)c2)c2cccc(-c3cccc4sc5ccccc5c34)c2)cc1. The summed E-state index contributed by atoms with van der Waals surface area (Å²) < 4.78 is 11.0. The molecule has 0 aliphatic carbocycles. The van der Waals surface area contributed by atoms with Crippen molar-refractivity contribution in [2.75, 3.05) is 0 Å². The Hall–Kier alpha value is -6.53. The molecule has 0 saturated carbocycles. The van der Waals surface area contributed by atoms with E-state index >= 15 is 0 Å². The highest BCUT2D eigenvalue weighted by molar-refractivity contribution is 7.26. The molecule has 5 heteroatoms. The molecular weight excluding hydrogens is 705 g/mol. The normalized spacial score (nSPS) is 12.4. The first-order valence-corrected chi connectivity index (χ1v) is 21.5. The number of thiophene rings is 1. The van der Waals surface area contributed by atoms with Gasteiger partial charge in [0.25, 0.3) is 0 Å². The van der Waals surface area contributed by atoms with Crippen molar-refractivity contribution in [1.29, 1.82) is 0 Å². The van der Waals surface area contributed by atoms with Gasteiger partial charge in [-0.25, -0.2) is 4.98 Å². The van der Waals surface area contributed by atoms with E-state index in [9.17, 15) is 0 Å². The van der Waals surface area contributed by atoms with Crippen LogP contribution in [-0.4, -0.2) is 17.6 Å². The third kappa shape index (κ3) is 5.04. The van der Waals surface area contributed by atoms with Crippen LogP contribution in [0.15, 0.2) is 194 Å². The molecule has 55 heavy (non-hydrogen) atoms. The minimum Gasteiger partial charge on any atom is -0.483 e. The van der Waals surface area contributed by atoms with Gasteiger partial charge in [-0.05, 0) is 79.4 Å². The standard InChI is InChI=1S/C50H34N2OSSi/c1-3-16-37(17-4-1)55(38-18-5-2-6-19-38,40-21-12-15-36(31-40)41-23-13-27-48-50(41)42-22-7-10-26-47(42)54-48)39-20-11-14-34(30-39)35-28-29-43-45(32-35)52-44-24-8-9-25-46(44)53-33-49(52)51-43/h1-32H,33H2. The molecule has 10 aromatic rings. The van der Waals surface area contributed by atoms with Crippen LogP contribution in [0.2, 0.25) is 0 Å². The molecule has 8 aromatic carbocycles. The third-order valence-corrected chi connectivity index (χ3v) is 17.1. The lowest BCUT2D eigenvalue weighted by molar-refractivity contribution is 0.280. The van der Waals surface area contributed by atoms with E-state index in [2.05, 4.69) is 187 Å². The van der Waals surface area contributed by atoms with Crippen LogP contribution in [0.25, 0.3) is 59.1 Å². The highest BCUT2D eigenvalue weighted by Gasteiger charge is 2.41. The van der Waals surface area contributed by atoms with Gasteiger partial charge in [-0.2, -0.15) is 0 Å². The van der Waals surface area contributed by atoms with Crippen LogP contribution in [0.4, 0.5) is 0 Å². The monoisotopic (exact) mass is 738 g/mol. The number of nitrogens with zero attached hydrogens (tertiary/aromatic N) is 2. The molecule has 0 unspecified atom stereocenters. The van der Waals surface area contributed by atoms with E-state index in [1.807, 2.05) is 23.5 Å². The van der Waals surface area contributed by atoms with Crippen molar-refractivity contribution < 1.29 is 4.74 Å². The molecule has 1 aliphatic rings. The highest BCUT2D eigenvalue weighted by Crippen LogP contribution is 2.40. The lowest BCUT2D eigenvalue weighted by Gasteiger charge is -2.35. The van der Waals surface area contributed by atoms with Gasteiger partial charge in [-0.3, -0.25) is 4.57 Å². The maximum atomic E-state index is 6.07. The van der Waals surface area contributed by atoms with Gasteiger partial charge < -0.3 is 4.74 Å². The van der Waals surface area contributed by atoms with Gasteiger partial charge in [0, 0.05) is 20.2 Å². The van der Waals surface area contributed by atoms with Gasteiger partial charge in [-0.1, -0.05) is 158 Å². The zero-order valence-corrected chi connectivity index (χ0v) is 31.7. The Morgan fingerprint density at radius 2 is 1.13 bits per heavy atom. The van der Waals surface area contributed by atoms with Crippen LogP contribution in [0.1, 0.15) is 5.82 Å². The number of hydrogen-bond acceptors (Lipinski definition) is 3. The quantitative estimate of drug-likeness (QED) is 0.126. The topological polar surface area (TPSA) is 27.1 Å². The van der Waals surface area contributed by atoms with Crippen molar-refractivity contribution in [3.8, 4) is 33.7 Å². The average Bonchev–Trinajstić information content (AvgIpc) is 3.84. The Morgan fingerprint density at radius 3 is 1.93 bits per heavy atom. The summed E-state index contributed by atoms with van der Waals surface area (Å²) in [4.78, 5) is 4.97. The zero-order valence-electron chi connectivity index (χ0n) is 29.9. The minimum atomic E-state index is -2.88. The average molecular weight is 739 g/mol. The lowest BCUT2D eigenvalue weighted by Crippen LogP contribution is -2.74. The second kappa shape index (κ2) is 12.8. The summed E-state index contributed by atoms with van der Waals surface area (Å²) >= 11 is 1.87. The number of imidazole rings is 1. The second-order valence-electron chi connectivity index (χ2n) is 14.2. The van der Waals surface area contributed by atoms with Crippen molar-refractivity contribution in [2.45, 2.75) is 6.61 Å². The molecule has 260 valence electrons. The van der Waals surface area contributed by atoms with Crippen LogP contribution in [-0.2, 0) is 6.61 Å². The number of rotatable bonds is 6. The van der Waals surface area contributed by atoms with Crippen LogP contribution in [0.3, 0.4) is 0 Å². The fraction of sp³-hybridized carbons (Fsp3) is 0.0200. The Kier molecular flexibility index (Phi) is 7.44. The van der Waals surface area contributed by atoms with Crippen molar-refractivity contribution in [2.24, 2.45) is 0 Å². The van der Waals surface area contributed by atoms with Crippen molar-refractivity contribution >= 4 is 71.4 Å². The van der Waals surface area contributed by atoms with Crippen LogP contribution < -0.4 is 25.5 Å². The predicted octanol–water partition coefficient (Wildman–Crippen LogP) is 10.00. The largest absolute Gasteiger partial charge is 0.483 e. The Labute approximate surface area is 324 Å². The molecule has 0 radical (unpaired) electrons. The molecule has 1 aliphatic heterocycles. The first-order valence-electron chi connectivity index (χ1n) is 18.7. The maximum absolute atomic E-state index is 6.07. The van der Waals surface area contributed by atoms with Gasteiger partial charge >= 0.3 is 0 Å². The molecule has 0 N–H and O–H groups in total. The van der Waals surface area contributed by atoms with Crippen molar-refractivity contribution in [3.05, 3.63) is 200 Å². The fourth-order valence-electron chi connectivity index (χ4n) is 8.82. The molecule has 11 rings (SSSR count). The smallest absolute Gasteiger partial charge is 0.179 e. The van der Waals surface area contributed by atoms with E-state index in [0.717, 1.165) is 33.9 Å². The first kappa shape index (κ1) is 31.9. The number of benzene rings is 8. The van der Waals surface area contributed by atoms with Crippen LogP contribution >= 0.6 is 11.3 Å². The van der Waals surface area contributed by atoms with Crippen molar-refractivity contribution in [3.63, 3.8) is 0 Å². The molecule has 2 aromatic heterocycles. The molecule has 0 bridgehead atoms. The van der Waals surface area contributed by atoms with E-state index in [1.54, 1.807) is 0 Å². The Morgan fingerprint density at radius 1 is 0.509 bits per heavy atom. The number of para-hydroxylation sites is 2. The number of hydrogen-bond donors (Lipinski definition) is 0. The molecule has 0 atom stereocenters. The molecule has 3 heterocycles. The molecule has 0 spiro atoms. The molecule has 0 fully saturated rings. The molecule has 0 amide bonds. The van der Waals surface area contributed by atoms with Gasteiger partial charge in [0.1, 0.15) is 12.4 Å². The summed E-state index contributed by atoms with van der Waals surface area (Å²) in [7, 11) is -2.88. The Bertz CT molecular complexity index is 3020.